The fourth-order valence-corrected chi connectivity index (χ4v) is 6.10. The maximum absolute atomic E-state index is 12.8. The van der Waals surface area contributed by atoms with Crippen LogP contribution in [0, 0.1) is 5.92 Å². The highest BCUT2D eigenvalue weighted by Crippen LogP contribution is 2.35. The number of nitrogens with zero attached hydrogens (tertiary/aromatic N) is 4. The first kappa shape index (κ1) is 23.9. The van der Waals surface area contributed by atoms with E-state index in [-0.39, 0.29) is 5.91 Å². The molecule has 2 aliphatic rings. The van der Waals surface area contributed by atoms with Gasteiger partial charge < -0.3 is 4.90 Å². The van der Waals surface area contributed by atoms with Crippen LogP contribution in [0.5, 0.6) is 0 Å². The van der Waals surface area contributed by atoms with Crippen LogP contribution in [-0.2, 0) is 4.79 Å². The first-order chi connectivity index (χ1) is 17.1. The molecule has 1 saturated heterocycles. The van der Waals surface area contributed by atoms with Crippen LogP contribution in [0.15, 0.2) is 75.6 Å². The number of hydrogen-bond donors (Lipinski definition) is 0. The summed E-state index contributed by atoms with van der Waals surface area (Å²) in [4.78, 5) is 21.4. The van der Waals surface area contributed by atoms with Gasteiger partial charge in [-0.05, 0) is 73.0 Å². The number of piperidine rings is 1. The fraction of sp³-hybridized carbons (Fsp3) is 0.321. The first-order valence-corrected chi connectivity index (χ1v) is 14.1. The monoisotopic (exact) mass is 502 g/mol. The van der Waals surface area contributed by atoms with E-state index < -0.39 is 0 Å². The van der Waals surface area contributed by atoms with Crippen LogP contribution in [0.4, 0.5) is 0 Å². The summed E-state index contributed by atoms with van der Waals surface area (Å²) in [5.74, 6) is 1.58. The predicted octanol–water partition coefficient (Wildman–Crippen LogP) is 6.74. The van der Waals surface area contributed by atoms with Crippen molar-refractivity contribution in [1.82, 2.24) is 14.7 Å². The molecule has 5 rings (SSSR count). The molecule has 1 aromatic heterocycles. The van der Waals surface area contributed by atoms with Gasteiger partial charge in [-0.25, -0.2) is 4.68 Å². The lowest BCUT2D eigenvalue weighted by Gasteiger charge is -2.31. The number of amides is 1. The van der Waals surface area contributed by atoms with E-state index in [2.05, 4.69) is 48.0 Å². The van der Waals surface area contributed by atoms with Crippen LogP contribution in [0.1, 0.15) is 38.7 Å². The largest absolute Gasteiger partial charge is 0.351 e. The average molecular weight is 503 g/mol. The molecule has 180 valence electrons. The first-order valence-electron chi connectivity index (χ1n) is 12.3. The van der Waals surface area contributed by atoms with Crippen molar-refractivity contribution in [3.63, 3.8) is 0 Å². The van der Waals surface area contributed by atoms with Gasteiger partial charge in [-0.3, -0.25) is 4.79 Å². The SMILES string of the molecule is CCCSc1ccc(-c2nn(-c3ccccc3)cc2/C=C2\SC(N3CCC[C@@H](C)C3)=NC2=O)cc1. The second-order valence-corrected chi connectivity index (χ2v) is 11.3. The number of hydrogen-bond acceptors (Lipinski definition) is 5. The van der Waals surface area contributed by atoms with Gasteiger partial charge in [-0.15, -0.1) is 11.8 Å². The zero-order valence-electron chi connectivity index (χ0n) is 20.2. The van der Waals surface area contributed by atoms with Crippen molar-refractivity contribution in [2.75, 3.05) is 18.8 Å². The normalized spacial score (nSPS) is 19.4. The Kier molecular flexibility index (Phi) is 7.44. The lowest BCUT2D eigenvalue weighted by Crippen LogP contribution is -2.37. The molecule has 0 N–H and O–H groups in total. The highest BCUT2D eigenvalue weighted by molar-refractivity contribution is 8.18. The number of amidine groups is 1. The summed E-state index contributed by atoms with van der Waals surface area (Å²) in [6.07, 6.45) is 7.50. The molecule has 0 unspecified atom stereocenters. The number of para-hydroxylation sites is 1. The average Bonchev–Trinajstić information content (AvgIpc) is 3.47. The van der Waals surface area contributed by atoms with Crippen molar-refractivity contribution in [2.45, 2.75) is 38.0 Å². The van der Waals surface area contributed by atoms with Gasteiger partial charge in [0.05, 0.1) is 16.3 Å². The van der Waals surface area contributed by atoms with Crippen molar-refractivity contribution in [1.29, 1.82) is 0 Å². The second-order valence-electron chi connectivity index (χ2n) is 9.09. The number of benzene rings is 2. The van der Waals surface area contributed by atoms with Gasteiger partial charge in [-0.1, -0.05) is 44.2 Å². The van der Waals surface area contributed by atoms with E-state index in [9.17, 15) is 4.79 Å². The van der Waals surface area contributed by atoms with E-state index in [4.69, 9.17) is 5.10 Å². The summed E-state index contributed by atoms with van der Waals surface area (Å²) in [6.45, 7) is 6.39. The Hall–Kier alpha value is -2.77. The molecular formula is C28H30N4OS2. The van der Waals surface area contributed by atoms with E-state index in [0.717, 1.165) is 59.4 Å². The standard InChI is InChI=1S/C28H30N4OS2/c1-3-16-34-24-13-11-21(12-14-24)26-22(19-32(30-26)23-9-5-4-6-10-23)17-25-27(33)29-28(35-25)31-15-7-8-20(2)18-31/h4-6,9-14,17,19-20H,3,7-8,15-16,18H2,1-2H3/b25-17-/t20-/m1/s1. The summed E-state index contributed by atoms with van der Waals surface area (Å²) >= 11 is 3.36. The van der Waals surface area contributed by atoms with Gasteiger partial charge in [0, 0.05) is 35.3 Å². The number of thioether (sulfide) groups is 2. The molecule has 1 fully saturated rings. The highest BCUT2D eigenvalue weighted by atomic mass is 32.2. The minimum atomic E-state index is -0.159. The molecule has 0 saturated carbocycles. The Balaban J connectivity index is 1.46. The Bertz CT molecular complexity index is 1250. The smallest absolute Gasteiger partial charge is 0.286 e. The molecule has 3 heterocycles. The molecule has 2 aromatic carbocycles. The topological polar surface area (TPSA) is 50.5 Å². The van der Waals surface area contributed by atoms with Gasteiger partial charge in [0.1, 0.15) is 0 Å². The molecule has 0 aliphatic carbocycles. The van der Waals surface area contributed by atoms with Gasteiger partial charge in [0.2, 0.25) is 0 Å². The van der Waals surface area contributed by atoms with E-state index in [1.165, 1.54) is 23.1 Å². The third kappa shape index (κ3) is 5.57. The number of rotatable bonds is 6. The molecule has 0 radical (unpaired) electrons. The molecule has 3 aromatic rings. The van der Waals surface area contributed by atoms with Crippen LogP contribution in [0.2, 0.25) is 0 Å². The summed E-state index contributed by atoms with van der Waals surface area (Å²) < 4.78 is 1.89. The van der Waals surface area contributed by atoms with Crippen molar-refractivity contribution in [2.24, 2.45) is 10.9 Å². The minimum Gasteiger partial charge on any atom is -0.351 e. The van der Waals surface area contributed by atoms with Crippen molar-refractivity contribution < 1.29 is 4.79 Å². The van der Waals surface area contributed by atoms with Gasteiger partial charge in [0.25, 0.3) is 5.91 Å². The van der Waals surface area contributed by atoms with E-state index in [1.54, 1.807) is 0 Å². The van der Waals surface area contributed by atoms with Crippen LogP contribution >= 0.6 is 23.5 Å². The van der Waals surface area contributed by atoms with Crippen molar-refractivity contribution in [3.8, 4) is 16.9 Å². The number of aliphatic imine (C=N–C) groups is 1. The molecule has 1 amide bonds. The molecule has 0 bridgehead atoms. The Morgan fingerprint density at radius 3 is 2.69 bits per heavy atom. The number of likely N-dealkylation sites (tertiary alicyclic amines) is 1. The maximum Gasteiger partial charge on any atom is 0.286 e. The Morgan fingerprint density at radius 2 is 1.94 bits per heavy atom. The number of carbonyl (C=O) groups excluding carboxylic acids is 1. The highest BCUT2D eigenvalue weighted by Gasteiger charge is 2.29. The zero-order valence-corrected chi connectivity index (χ0v) is 21.8. The van der Waals surface area contributed by atoms with Crippen molar-refractivity contribution >= 4 is 40.7 Å². The minimum absolute atomic E-state index is 0.159. The Labute approximate surface area is 215 Å². The quantitative estimate of drug-likeness (QED) is 0.276. The molecule has 35 heavy (non-hydrogen) atoms. The van der Waals surface area contributed by atoms with Gasteiger partial charge >= 0.3 is 0 Å². The van der Waals surface area contributed by atoms with E-state index in [1.807, 2.05) is 59.0 Å². The van der Waals surface area contributed by atoms with Crippen LogP contribution in [0.3, 0.4) is 0 Å². The molecule has 2 aliphatic heterocycles. The summed E-state index contributed by atoms with van der Waals surface area (Å²) in [7, 11) is 0. The van der Waals surface area contributed by atoms with E-state index in [0.29, 0.717) is 10.8 Å². The van der Waals surface area contributed by atoms with Crippen LogP contribution < -0.4 is 0 Å². The molecular weight excluding hydrogens is 472 g/mol. The lowest BCUT2D eigenvalue weighted by atomic mass is 10.0. The van der Waals surface area contributed by atoms with E-state index >= 15 is 0 Å². The summed E-state index contributed by atoms with van der Waals surface area (Å²) in [6, 6.07) is 18.6. The Morgan fingerprint density at radius 1 is 1.14 bits per heavy atom. The van der Waals surface area contributed by atoms with Gasteiger partial charge in [0.15, 0.2) is 5.17 Å². The number of carbonyl (C=O) groups is 1. The third-order valence-electron chi connectivity index (χ3n) is 6.19. The zero-order chi connectivity index (χ0) is 24.2. The third-order valence-corrected chi connectivity index (χ3v) is 8.45. The van der Waals surface area contributed by atoms with Crippen molar-refractivity contribution in [3.05, 3.63) is 71.3 Å². The number of aromatic nitrogens is 2. The van der Waals surface area contributed by atoms with Crippen LogP contribution in [-0.4, -0.2) is 44.6 Å². The maximum atomic E-state index is 12.8. The van der Waals surface area contributed by atoms with Crippen LogP contribution in [0.25, 0.3) is 23.0 Å². The predicted molar refractivity (Wildman–Crippen MR) is 148 cm³/mol. The van der Waals surface area contributed by atoms with Gasteiger partial charge in [-0.2, -0.15) is 10.1 Å². The lowest BCUT2D eigenvalue weighted by molar-refractivity contribution is -0.113. The molecule has 7 heteroatoms. The molecule has 5 nitrogen and oxygen atoms in total. The molecule has 0 spiro atoms. The summed E-state index contributed by atoms with van der Waals surface area (Å²) in [5, 5.41) is 5.76. The second kappa shape index (κ2) is 10.9. The molecule has 1 atom stereocenters. The fourth-order valence-electron chi connectivity index (χ4n) is 4.40. The summed E-state index contributed by atoms with van der Waals surface area (Å²) in [5.41, 5.74) is 3.80.